The molecule has 0 amide bonds. The normalized spacial score (nSPS) is 12.2. The average Bonchev–Trinajstić information content (AvgIpc) is 2.89. The Bertz CT molecular complexity index is 778. The first-order valence-electron chi connectivity index (χ1n) is 7.57. The Morgan fingerprint density at radius 2 is 1.92 bits per heavy atom. The summed E-state index contributed by atoms with van der Waals surface area (Å²) in [6.45, 7) is 4.36. The second kappa shape index (κ2) is 7.96. The molecule has 0 radical (unpaired) electrons. The number of aromatic nitrogens is 1. The van der Waals surface area contributed by atoms with Crippen LogP contribution < -0.4 is 10.6 Å². The van der Waals surface area contributed by atoms with Crippen LogP contribution in [0, 0.1) is 13.8 Å². The molecule has 1 aromatic carbocycles. The van der Waals surface area contributed by atoms with Crippen molar-refractivity contribution >= 4 is 15.8 Å². The molecule has 0 bridgehead atoms. The molecule has 0 spiro atoms. The summed E-state index contributed by atoms with van der Waals surface area (Å²) in [5.74, 6) is 1.81. The van der Waals surface area contributed by atoms with E-state index in [1.54, 1.807) is 37.4 Å². The monoisotopic (exact) mass is 350 g/mol. The number of guanidine groups is 1. The molecule has 1 heterocycles. The average molecular weight is 350 g/mol. The van der Waals surface area contributed by atoms with Crippen LogP contribution in [0.1, 0.15) is 17.3 Å². The first-order valence-corrected chi connectivity index (χ1v) is 9.23. The van der Waals surface area contributed by atoms with Crippen molar-refractivity contribution < 1.29 is 12.8 Å². The minimum absolute atomic E-state index is 0.0189. The Morgan fingerprint density at radius 1 is 1.21 bits per heavy atom. The predicted molar refractivity (Wildman–Crippen MR) is 92.7 cm³/mol. The Labute approximate surface area is 142 Å². The van der Waals surface area contributed by atoms with Crippen LogP contribution in [0.2, 0.25) is 0 Å². The highest BCUT2D eigenvalue weighted by atomic mass is 32.2. The van der Waals surface area contributed by atoms with E-state index in [1.807, 2.05) is 13.8 Å². The van der Waals surface area contributed by atoms with E-state index in [0.717, 1.165) is 11.5 Å². The zero-order valence-corrected chi connectivity index (χ0v) is 14.9. The number of hydrogen-bond acceptors (Lipinski definition) is 5. The van der Waals surface area contributed by atoms with E-state index >= 15 is 0 Å². The lowest BCUT2D eigenvalue weighted by Gasteiger charge is -2.11. The van der Waals surface area contributed by atoms with Gasteiger partial charge in [0, 0.05) is 13.6 Å². The van der Waals surface area contributed by atoms with Crippen LogP contribution in [0.25, 0.3) is 0 Å². The van der Waals surface area contributed by atoms with Crippen molar-refractivity contribution in [1.82, 2.24) is 15.6 Å². The molecular weight excluding hydrogens is 328 g/mol. The molecule has 0 saturated heterocycles. The summed E-state index contributed by atoms with van der Waals surface area (Å²) in [5.41, 5.74) is 0.851. The van der Waals surface area contributed by atoms with Crippen LogP contribution in [0.4, 0.5) is 0 Å². The Balaban J connectivity index is 1.83. The summed E-state index contributed by atoms with van der Waals surface area (Å²) in [4.78, 5) is 8.64. The summed E-state index contributed by atoms with van der Waals surface area (Å²) in [6, 6.07) is 8.39. The smallest absolute Gasteiger partial charge is 0.214 e. The van der Waals surface area contributed by atoms with E-state index in [-0.39, 0.29) is 12.3 Å². The summed E-state index contributed by atoms with van der Waals surface area (Å²) in [6.07, 6.45) is 0. The van der Waals surface area contributed by atoms with Gasteiger partial charge in [-0.25, -0.2) is 13.4 Å². The van der Waals surface area contributed by atoms with Crippen LogP contribution in [0.3, 0.4) is 0 Å². The van der Waals surface area contributed by atoms with Crippen LogP contribution in [-0.2, 0) is 16.4 Å². The number of nitrogens with zero attached hydrogens (tertiary/aromatic N) is 2. The largest absolute Gasteiger partial charge is 0.444 e. The maximum atomic E-state index is 12.2. The Kier molecular flexibility index (Phi) is 5.97. The fourth-order valence-corrected chi connectivity index (χ4v) is 3.22. The lowest BCUT2D eigenvalue weighted by atomic mass is 10.4. The highest BCUT2D eigenvalue weighted by molar-refractivity contribution is 7.91. The number of rotatable bonds is 6. The van der Waals surface area contributed by atoms with Crippen molar-refractivity contribution in [3.05, 3.63) is 47.7 Å². The Morgan fingerprint density at radius 3 is 2.50 bits per heavy atom. The molecule has 0 aliphatic carbocycles. The number of benzene rings is 1. The quantitative estimate of drug-likeness (QED) is 0.604. The minimum Gasteiger partial charge on any atom is -0.444 e. The molecule has 0 unspecified atom stereocenters. The van der Waals surface area contributed by atoms with Gasteiger partial charge < -0.3 is 15.1 Å². The molecule has 2 N–H and O–H groups in total. The second-order valence-electron chi connectivity index (χ2n) is 5.23. The van der Waals surface area contributed by atoms with E-state index < -0.39 is 9.84 Å². The van der Waals surface area contributed by atoms with Gasteiger partial charge in [-0.2, -0.15) is 0 Å². The van der Waals surface area contributed by atoms with Crippen LogP contribution >= 0.6 is 0 Å². The molecule has 130 valence electrons. The third-order valence-corrected chi connectivity index (χ3v) is 5.20. The van der Waals surface area contributed by atoms with Gasteiger partial charge in [-0.15, -0.1) is 0 Å². The number of hydrogen-bond donors (Lipinski definition) is 2. The summed E-state index contributed by atoms with van der Waals surface area (Å²) < 4.78 is 29.9. The molecular formula is C16H22N4O3S. The molecule has 0 saturated carbocycles. The molecule has 2 rings (SSSR count). The zero-order valence-electron chi connectivity index (χ0n) is 14.0. The van der Waals surface area contributed by atoms with E-state index in [2.05, 4.69) is 20.6 Å². The fraction of sp³-hybridized carbons (Fsp3) is 0.375. The van der Waals surface area contributed by atoms with E-state index in [1.165, 1.54) is 0 Å². The molecule has 7 nitrogen and oxygen atoms in total. The maximum Gasteiger partial charge on any atom is 0.214 e. The molecule has 0 fully saturated rings. The summed E-state index contributed by atoms with van der Waals surface area (Å²) >= 11 is 0. The highest BCUT2D eigenvalue weighted by Crippen LogP contribution is 2.09. The van der Waals surface area contributed by atoms with Gasteiger partial charge >= 0.3 is 0 Å². The van der Waals surface area contributed by atoms with Gasteiger partial charge in [0.05, 0.1) is 22.9 Å². The van der Waals surface area contributed by atoms with Gasteiger partial charge in [-0.3, -0.25) is 4.99 Å². The maximum absolute atomic E-state index is 12.2. The van der Waals surface area contributed by atoms with Crippen LogP contribution in [0.5, 0.6) is 0 Å². The number of aliphatic imine (C=N–C) groups is 1. The molecule has 24 heavy (non-hydrogen) atoms. The van der Waals surface area contributed by atoms with E-state index in [4.69, 9.17) is 4.42 Å². The molecule has 1 aromatic heterocycles. The second-order valence-corrected chi connectivity index (χ2v) is 7.34. The van der Waals surface area contributed by atoms with E-state index in [0.29, 0.717) is 23.3 Å². The molecule has 0 aliphatic heterocycles. The topological polar surface area (TPSA) is 96.6 Å². The van der Waals surface area contributed by atoms with Gasteiger partial charge in [0.1, 0.15) is 5.76 Å². The van der Waals surface area contributed by atoms with Crippen molar-refractivity contribution in [2.75, 3.05) is 19.3 Å². The first kappa shape index (κ1) is 18.0. The number of nitrogens with one attached hydrogen (secondary N) is 2. The van der Waals surface area contributed by atoms with Gasteiger partial charge in [0.15, 0.2) is 15.8 Å². The number of sulfone groups is 1. The number of aryl methyl sites for hydroxylation is 2. The third-order valence-electron chi connectivity index (χ3n) is 3.47. The molecule has 0 aliphatic rings. The lowest BCUT2D eigenvalue weighted by Crippen LogP contribution is -2.39. The summed E-state index contributed by atoms with van der Waals surface area (Å²) in [7, 11) is -1.69. The van der Waals surface area contributed by atoms with Crippen LogP contribution in [-0.4, -0.2) is 38.7 Å². The standard InChI is InChI=1S/C16H22N4O3S/c1-12-13(2)23-15(20-12)11-19-16(17-3)18-9-10-24(21,22)14-7-5-4-6-8-14/h4-8H,9-11H2,1-3H3,(H2,17,18,19). The van der Waals surface area contributed by atoms with Gasteiger partial charge in [-0.1, -0.05) is 18.2 Å². The van der Waals surface area contributed by atoms with Crippen molar-refractivity contribution in [1.29, 1.82) is 0 Å². The lowest BCUT2D eigenvalue weighted by molar-refractivity contribution is 0.464. The van der Waals surface area contributed by atoms with Crippen molar-refractivity contribution in [2.24, 2.45) is 4.99 Å². The van der Waals surface area contributed by atoms with E-state index in [9.17, 15) is 8.42 Å². The molecule has 0 atom stereocenters. The van der Waals surface area contributed by atoms with Gasteiger partial charge in [0.25, 0.3) is 0 Å². The SMILES string of the molecule is CN=C(NCCS(=O)(=O)c1ccccc1)NCc1nc(C)c(C)o1. The van der Waals surface area contributed by atoms with Crippen molar-refractivity contribution in [3.8, 4) is 0 Å². The first-order chi connectivity index (χ1) is 11.4. The fourth-order valence-electron chi connectivity index (χ4n) is 2.04. The predicted octanol–water partition coefficient (Wildman–Crippen LogP) is 1.43. The number of oxazole rings is 1. The minimum atomic E-state index is -3.31. The van der Waals surface area contributed by atoms with Crippen LogP contribution in [0.15, 0.2) is 44.6 Å². The highest BCUT2D eigenvalue weighted by Gasteiger charge is 2.13. The molecule has 8 heteroatoms. The zero-order chi connectivity index (χ0) is 17.6. The van der Waals surface area contributed by atoms with Gasteiger partial charge in [0.2, 0.25) is 5.89 Å². The Hall–Kier alpha value is -2.35. The molecule has 2 aromatic rings. The van der Waals surface area contributed by atoms with Gasteiger partial charge in [-0.05, 0) is 26.0 Å². The van der Waals surface area contributed by atoms with Crippen molar-refractivity contribution in [2.45, 2.75) is 25.3 Å². The summed E-state index contributed by atoms with van der Waals surface area (Å²) in [5, 5.41) is 6.02. The van der Waals surface area contributed by atoms with Crippen molar-refractivity contribution in [3.63, 3.8) is 0 Å². The third kappa shape index (κ3) is 4.82.